The van der Waals surface area contributed by atoms with Crippen molar-refractivity contribution < 1.29 is 11.0 Å². The smallest absolute Gasteiger partial charge is 0.247 e. The highest BCUT2D eigenvalue weighted by Gasteiger charge is 2.37. The zero-order valence-corrected chi connectivity index (χ0v) is 16.8. The topological polar surface area (TPSA) is 122 Å². The Hall–Kier alpha value is -3.40. The third-order valence-corrected chi connectivity index (χ3v) is 5.73. The van der Waals surface area contributed by atoms with Gasteiger partial charge in [-0.05, 0) is 38.3 Å². The molecule has 30 heavy (non-hydrogen) atoms. The Morgan fingerprint density at radius 2 is 2.10 bits per heavy atom. The monoisotopic (exact) mass is 408 g/mol. The molecule has 0 radical (unpaired) electrons. The highest BCUT2D eigenvalue weighted by atomic mass is 16.5. The maximum Gasteiger partial charge on any atom is 0.247 e. The van der Waals surface area contributed by atoms with E-state index in [9.17, 15) is 4.79 Å². The molecule has 1 fully saturated rings. The van der Waals surface area contributed by atoms with Gasteiger partial charge in [0.15, 0.2) is 17.5 Å². The van der Waals surface area contributed by atoms with Crippen LogP contribution in [0.2, 0.25) is 0 Å². The molecule has 0 saturated heterocycles. The number of ether oxygens (including phenoxy) is 1. The molecule has 0 unspecified atom stereocenters. The molecule has 0 bridgehead atoms. The lowest BCUT2D eigenvalue weighted by atomic mass is 10.1. The first-order valence-corrected chi connectivity index (χ1v) is 9.93. The van der Waals surface area contributed by atoms with Crippen LogP contribution in [0.5, 0.6) is 0 Å². The highest BCUT2D eigenvalue weighted by molar-refractivity contribution is 6.01. The molecule has 4 heterocycles. The van der Waals surface area contributed by atoms with Crippen LogP contribution < -0.4 is 10.2 Å². The van der Waals surface area contributed by atoms with E-state index >= 15 is 0 Å². The normalized spacial score (nSPS) is 20.9. The Bertz CT molecular complexity index is 1090. The van der Waals surface area contributed by atoms with E-state index in [4.69, 9.17) is 9.72 Å². The summed E-state index contributed by atoms with van der Waals surface area (Å²) in [7, 11) is 1.72. The molecule has 1 aliphatic heterocycles. The third-order valence-electron chi connectivity index (χ3n) is 5.73. The molecule has 1 aliphatic carbocycles. The Labute approximate surface area is 174 Å². The minimum absolute atomic E-state index is 0. The lowest BCUT2D eigenvalue weighted by molar-refractivity contribution is -0.117. The van der Waals surface area contributed by atoms with Crippen molar-refractivity contribution in [2.24, 2.45) is 0 Å². The number of carbonyl (C=O) groups is 1. The Morgan fingerprint density at radius 3 is 2.83 bits per heavy atom. The number of aromatic nitrogens is 6. The fraction of sp³-hybridized carbons (Fsp3) is 0.400. The van der Waals surface area contributed by atoms with Gasteiger partial charge in [0.1, 0.15) is 12.0 Å². The number of pyridine rings is 1. The number of nitrogens with one attached hydrogen (secondary N) is 2. The van der Waals surface area contributed by atoms with E-state index in [2.05, 4.69) is 30.5 Å². The summed E-state index contributed by atoms with van der Waals surface area (Å²) in [5.41, 5.74) is 3.02. The molecule has 10 nitrogen and oxygen atoms in total. The first-order chi connectivity index (χ1) is 14.6. The number of H-pyrrole nitrogens is 1. The molecule has 0 spiro atoms. The maximum absolute atomic E-state index is 12.8. The van der Waals surface area contributed by atoms with Gasteiger partial charge in [0.05, 0.1) is 24.5 Å². The van der Waals surface area contributed by atoms with Gasteiger partial charge in [-0.1, -0.05) is 0 Å². The zero-order chi connectivity index (χ0) is 20.7. The van der Waals surface area contributed by atoms with Crippen LogP contribution in [0.3, 0.4) is 0 Å². The Kier molecular flexibility index (Phi) is 4.62. The van der Waals surface area contributed by atoms with E-state index < -0.39 is 0 Å². The maximum atomic E-state index is 12.8. The fourth-order valence-electron chi connectivity index (χ4n) is 4.20. The molecule has 3 aromatic rings. The number of rotatable bonds is 4. The fourth-order valence-corrected chi connectivity index (χ4v) is 4.20. The summed E-state index contributed by atoms with van der Waals surface area (Å²) >= 11 is 0. The summed E-state index contributed by atoms with van der Waals surface area (Å²) in [6.45, 7) is 2.14. The number of carbonyl (C=O) groups excluding carboxylic acids is 1. The van der Waals surface area contributed by atoms with Crippen molar-refractivity contribution in [3.63, 3.8) is 0 Å². The number of hydrogen-bond acceptors (Lipinski definition) is 8. The molecule has 3 aromatic heterocycles. The quantitative estimate of drug-likeness (QED) is 0.674. The van der Waals surface area contributed by atoms with Crippen LogP contribution >= 0.6 is 0 Å². The first kappa shape index (κ1) is 18.6. The minimum Gasteiger partial charge on any atom is -0.381 e. The molecule has 2 aliphatic rings. The van der Waals surface area contributed by atoms with Crippen LogP contribution in [-0.2, 0) is 9.53 Å². The van der Waals surface area contributed by atoms with Gasteiger partial charge in [0.2, 0.25) is 5.91 Å². The molecule has 2 N–H and O–H groups in total. The summed E-state index contributed by atoms with van der Waals surface area (Å²) in [5.74, 6) is 1.81. The number of hydrogen-bond donors (Lipinski definition) is 2. The number of fused-ring (bicyclic) bond motifs is 1. The second-order valence-corrected chi connectivity index (χ2v) is 7.53. The number of amides is 1. The van der Waals surface area contributed by atoms with Crippen molar-refractivity contribution in [3.05, 3.63) is 30.4 Å². The van der Waals surface area contributed by atoms with Crippen LogP contribution in [-0.4, -0.2) is 61.8 Å². The second-order valence-electron chi connectivity index (χ2n) is 7.53. The van der Waals surface area contributed by atoms with Crippen LogP contribution in [0.25, 0.3) is 22.8 Å². The number of anilines is 2. The minimum atomic E-state index is 0. The van der Waals surface area contributed by atoms with Gasteiger partial charge >= 0.3 is 0 Å². The van der Waals surface area contributed by atoms with Crippen molar-refractivity contribution in [3.8, 4) is 22.8 Å². The summed E-state index contributed by atoms with van der Waals surface area (Å²) in [6.07, 6.45) is 5.97. The third kappa shape index (κ3) is 3.18. The molecule has 10 heteroatoms. The van der Waals surface area contributed by atoms with Crippen molar-refractivity contribution >= 4 is 17.5 Å². The largest absolute Gasteiger partial charge is 0.381 e. The van der Waals surface area contributed by atoms with E-state index in [1.807, 2.05) is 19.1 Å². The van der Waals surface area contributed by atoms with E-state index in [-0.39, 0.29) is 26.0 Å². The Morgan fingerprint density at radius 1 is 1.20 bits per heavy atom. The van der Waals surface area contributed by atoms with Crippen molar-refractivity contribution in [2.45, 2.75) is 38.3 Å². The molecule has 0 aromatic carbocycles. The summed E-state index contributed by atoms with van der Waals surface area (Å²) in [6, 6.07) is 3.88. The van der Waals surface area contributed by atoms with E-state index in [0.717, 1.165) is 30.5 Å². The van der Waals surface area contributed by atoms with Gasteiger partial charge < -0.3 is 10.1 Å². The van der Waals surface area contributed by atoms with Crippen LogP contribution in [0, 0.1) is 6.92 Å². The van der Waals surface area contributed by atoms with Crippen molar-refractivity contribution in [2.75, 3.05) is 23.9 Å². The standard InChI is InChI=1S/C20H22N8O2.H2/c1-11-14(5-6-15(25-11)18-23-10-24-27-18)16-8-21-19-20(26-16)28(17(29)9-22-19)12-3-4-13(7-12)30-2;/h5-6,8,10,12-13H,3-4,7,9H2,1-2H3,(H,21,22)(H,23,24,27);1H/t12-,13+;/m1./s1. The summed E-state index contributed by atoms with van der Waals surface area (Å²) in [4.78, 5) is 32.7. The van der Waals surface area contributed by atoms with Gasteiger partial charge in [-0.2, -0.15) is 5.10 Å². The molecular formula is C20H24N8O2. The number of nitrogens with zero attached hydrogens (tertiary/aromatic N) is 6. The van der Waals surface area contributed by atoms with E-state index in [0.29, 0.717) is 28.8 Å². The predicted molar refractivity (Wildman–Crippen MR) is 112 cm³/mol. The lowest BCUT2D eigenvalue weighted by Gasteiger charge is -2.33. The molecule has 2 atom stereocenters. The van der Waals surface area contributed by atoms with Gasteiger partial charge in [-0.15, -0.1) is 0 Å². The molecule has 1 saturated carbocycles. The Balaban J connectivity index is 0.00000231. The summed E-state index contributed by atoms with van der Waals surface area (Å²) in [5, 5.41) is 9.77. The predicted octanol–water partition coefficient (Wildman–Crippen LogP) is 2.20. The van der Waals surface area contributed by atoms with Crippen LogP contribution in [0.4, 0.5) is 11.6 Å². The van der Waals surface area contributed by atoms with Crippen LogP contribution in [0.15, 0.2) is 24.7 Å². The molecule has 1 amide bonds. The zero-order valence-electron chi connectivity index (χ0n) is 16.8. The van der Waals surface area contributed by atoms with E-state index in [1.165, 1.54) is 6.33 Å². The van der Waals surface area contributed by atoms with Crippen molar-refractivity contribution in [1.82, 2.24) is 30.1 Å². The van der Waals surface area contributed by atoms with Gasteiger partial charge in [0, 0.05) is 25.8 Å². The number of aryl methyl sites for hydroxylation is 1. The van der Waals surface area contributed by atoms with Crippen LogP contribution in [0.1, 0.15) is 26.4 Å². The molecule has 5 rings (SSSR count). The SMILES string of the molecule is CO[C@H]1CC[C@@H](N2C(=O)CNc3ncc(-c4ccc(-c5ncn[nH]5)nc4C)nc32)C1.[HH]. The first-order valence-electron chi connectivity index (χ1n) is 9.93. The highest BCUT2D eigenvalue weighted by Crippen LogP contribution is 2.35. The average molecular weight is 408 g/mol. The molecular weight excluding hydrogens is 384 g/mol. The number of aromatic amines is 1. The second kappa shape index (κ2) is 7.45. The molecule has 156 valence electrons. The van der Waals surface area contributed by atoms with E-state index in [1.54, 1.807) is 18.2 Å². The van der Waals surface area contributed by atoms with Crippen molar-refractivity contribution in [1.29, 1.82) is 0 Å². The van der Waals surface area contributed by atoms with Gasteiger partial charge in [-0.3, -0.25) is 14.8 Å². The lowest BCUT2D eigenvalue weighted by Crippen LogP contribution is -2.46. The average Bonchev–Trinajstić information content (AvgIpc) is 3.45. The van der Waals surface area contributed by atoms with Gasteiger partial charge in [-0.25, -0.2) is 19.9 Å². The number of methoxy groups -OCH3 is 1. The summed E-state index contributed by atoms with van der Waals surface area (Å²) < 4.78 is 5.50. The van der Waals surface area contributed by atoms with Gasteiger partial charge in [0.25, 0.3) is 0 Å².